The normalized spacial score (nSPS) is 22.4. The number of carbonyl (C=O) groups is 1. The molecule has 1 aliphatic carbocycles. The van der Waals surface area contributed by atoms with E-state index in [1.165, 1.54) is 18.2 Å². The van der Waals surface area contributed by atoms with Crippen molar-refractivity contribution in [3.63, 3.8) is 0 Å². The van der Waals surface area contributed by atoms with E-state index >= 15 is 0 Å². The lowest BCUT2D eigenvalue weighted by Gasteiger charge is -2.35. The van der Waals surface area contributed by atoms with Gasteiger partial charge in [0, 0.05) is 23.1 Å². The molecule has 1 aromatic carbocycles. The number of benzene rings is 1. The van der Waals surface area contributed by atoms with Gasteiger partial charge in [0.15, 0.2) is 0 Å². The summed E-state index contributed by atoms with van der Waals surface area (Å²) in [6, 6.07) is 4.30. The Balaban J connectivity index is 1.87. The molecule has 1 N–H and O–H groups in total. The number of nitrogens with one attached hydrogen (secondary N) is 1. The summed E-state index contributed by atoms with van der Waals surface area (Å²) in [6.07, 6.45) is 1.94. The Labute approximate surface area is 111 Å². The topological polar surface area (TPSA) is 38.3 Å². The van der Waals surface area contributed by atoms with Crippen LogP contribution < -0.4 is 5.32 Å². The van der Waals surface area contributed by atoms with Gasteiger partial charge in [-0.2, -0.15) is 0 Å². The lowest BCUT2D eigenvalue weighted by atomic mass is 9.89. The van der Waals surface area contributed by atoms with Crippen LogP contribution in [0.5, 0.6) is 0 Å². The monoisotopic (exact) mass is 269 g/mol. The molecule has 3 nitrogen and oxygen atoms in total. The molecular formula is C13H16FNO2S. The van der Waals surface area contributed by atoms with Crippen molar-refractivity contribution in [2.24, 2.45) is 0 Å². The van der Waals surface area contributed by atoms with Gasteiger partial charge >= 0.3 is 0 Å². The van der Waals surface area contributed by atoms with E-state index in [4.69, 9.17) is 4.74 Å². The number of carbonyl (C=O) groups excluding carboxylic acids is 1. The number of ether oxygens (including phenoxy) is 1. The second kappa shape index (κ2) is 5.71. The van der Waals surface area contributed by atoms with Crippen molar-refractivity contribution in [1.82, 2.24) is 5.32 Å². The zero-order valence-electron chi connectivity index (χ0n) is 10.1. The molecule has 0 unspecified atom stereocenters. The molecule has 2 rings (SSSR count). The average Bonchev–Trinajstić information content (AvgIpc) is 2.30. The third-order valence-corrected chi connectivity index (χ3v) is 3.38. The fourth-order valence-corrected chi connectivity index (χ4v) is 2.19. The highest BCUT2D eigenvalue weighted by Gasteiger charge is 2.30. The van der Waals surface area contributed by atoms with E-state index in [1.807, 2.05) is 6.92 Å². The fraction of sp³-hybridized carbons (Fsp3) is 0.462. The van der Waals surface area contributed by atoms with Crippen molar-refractivity contribution >= 4 is 18.5 Å². The minimum absolute atomic E-state index is 0.155. The number of halogens is 1. The van der Waals surface area contributed by atoms with Gasteiger partial charge in [0.1, 0.15) is 5.82 Å². The van der Waals surface area contributed by atoms with E-state index in [9.17, 15) is 9.18 Å². The van der Waals surface area contributed by atoms with E-state index < -0.39 is 5.82 Å². The molecule has 1 amide bonds. The van der Waals surface area contributed by atoms with Gasteiger partial charge in [-0.25, -0.2) is 4.39 Å². The minimum atomic E-state index is -0.421. The summed E-state index contributed by atoms with van der Waals surface area (Å²) >= 11 is 3.96. The number of rotatable bonds is 4. The van der Waals surface area contributed by atoms with Crippen LogP contribution in [-0.2, 0) is 4.74 Å². The van der Waals surface area contributed by atoms with E-state index in [0.717, 1.165) is 12.8 Å². The maximum atomic E-state index is 13.0. The Bertz CT molecular complexity index is 447. The van der Waals surface area contributed by atoms with Gasteiger partial charge in [0.25, 0.3) is 5.91 Å². The molecule has 1 saturated carbocycles. The first kappa shape index (κ1) is 13.4. The highest BCUT2D eigenvalue weighted by atomic mass is 32.1. The van der Waals surface area contributed by atoms with Gasteiger partial charge in [0.2, 0.25) is 0 Å². The molecule has 0 bridgehead atoms. The van der Waals surface area contributed by atoms with E-state index in [0.29, 0.717) is 12.2 Å². The lowest BCUT2D eigenvalue weighted by Crippen LogP contribution is -2.47. The van der Waals surface area contributed by atoms with E-state index in [1.54, 1.807) is 0 Å². The van der Waals surface area contributed by atoms with Crippen molar-refractivity contribution < 1.29 is 13.9 Å². The first-order valence-electron chi connectivity index (χ1n) is 6.01. The Morgan fingerprint density at radius 2 is 2.28 bits per heavy atom. The fourth-order valence-electron chi connectivity index (χ4n) is 1.98. The van der Waals surface area contributed by atoms with Gasteiger partial charge < -0.3 is 10.1 Å². The predicted octanol–water partition coefficient (Wildman–Crippen LogP) is 2.41. The van der Waals surface area contributed by atoms with Crippen molar-refractivity contribution in [1.29, 1.82) is 0 Å². The number of thiol groups is 1. The molecular weight excluding hydrogens is 253 g/mol. The summed E-state index contributed by atoms with van der Waals surface area (Å²) in [6.45, 7) is 2.66. The molecule has 98 valence electrons. The summed E-state index contributed by atoms with van der Waals surface area (Å²) < 4.78 is 18.4. The molecule has 1 aliphatic rings. The third kappa shape index (κ3) is 3.03. The summed E-state index contributed by atoms with van der Waals surface area (Å²) in [5.41, 5.74) is 0.432. The third-order valence-electron chi connectivity index (χ3n) is 3.04. The van der Waals surface area contributed by atoms with Crippen LogP contribution in [0.15, 0.2) is 23.1 Å². The molecule has 0 radical (unpaired) electrons. The summed E-state index contributed by atoms with van der Waals surface area (Å²) in [7, 11) is 0. The van der Waals surface area contributed by atoms with Crippen molar-refractivity contribution in [2.45, 2.75) is 36.8 Å². The van der Waals surface area contributed by atoms with Crippen LogP contribution in [0.25, 0.3) is 0 Å². The SMILES string of the molecule is CCOC1CC(NC(=O)c2ccc(F)c(S)c2)C1. The second-order valence-corrected chi connectivity index (χ2v) is 4.87. The Hall–Kier alpha value is -1.07. The molecule has 0 aromatic heterocycles. The summed E-state index contributed by atoms with van der Waals surface area (Å²) in [4.78, 5) is 12.1. The lowest BCUT2D eigenvalue weighted by molar-refractivity contribution is -0.00862. The minimum Gasteiger partial charge on any atom is -0.378 e. The second-order valence-electron chi connectivity index (χ2n) is 4.39. The number of hydrogen-bond donors (Lipinski definition) is 2. The molecule has 0 atom stereocenters. The van der Waals surface area contributed by atoms with E-state index in [-0.39, 0.29) is 22.9 Å². The van der Waals surface area contributed by atoms with Gasteiger partial charge in [0.05, 0.1) is 6.10 Å². The first-order valence-corrected chi connectivity index (χ1v) is 6.46. The quantitative estimate of drug-likeness (QED) is 0.824. The number of amides is 1. The zero-order valence-corrected chi connectivity index (χ0v) is 11.0. The molecule has 0 saturated heterocycles. The molecule has 5 heteroatoms. The van der Waals surface area contributed by atoms with Crippen LogP contribution >= 0.6 is 12.6 Å². The van der Waals surface area contributed by atoms with Crippen molar-refractivity contribution in [3.05, 3.63) is 29.6 Å². The maximum absolute atomic E-state index is 13.0. The average molecular weight is 269 g/mol. The summed E-state index contributed by atoms with van der Waals surface area (Å²) in [5, 5.41) is 2.89. The van der Waals surface area contributed by atoms with Crippen LogP contribution in [0.1, 0.15) is 30.1 Å². The van der Waals surface area contributed by atoms with Crippen molar-refractivity contribution in [3.8, 4) is 0 Å². The highest BCUT2D eigenvalue weighted by Crippen LogP contribution is 2.23. The molecule has 1 fully saturated rings. The Kier molecular flexibility index (Phi) is 4.24. The smallest absolute Gasteiger partial charge is 0.251 e. The van der Waals surface area contributed by atoms with Gasteiger partial charge in [-0.3, -0.25) is 4.79 Å². The molecule has 1 aromatic rings. The van der Waals surface area contributed by atoms with Gasteiger partial charge in [-0.1, -0.05) is 0 Å². The standard InChI is InChI=1S/C13H16FNO2S/c1-2-17-10-6-9(7-10)15-13(16)8-3-4-11(14)12(18)5-8/h3-5,9-10,18H,2,6-7H2,1H3,(H,15,16). The van der Waals surface area contributed by atoms with E-state index in [2.05, 4.69) is 17.9 Å². The zero-order chi connectivity index (χ0) is 13.1. The Morgan fingerprint density at radius 1 is 1.56 bits per heavy atom. The largest absolute Gasteiger partial charge is 0.378 e. The predicted molar refractivity (Wildman–Crippen MR) is 69.6 cm³/mol. The maximum Gasteiger partial charge on any atom is 0.251 e. The van der Waals surface area contributed by atoms with Crippen LogP contribution in [0, 0.1) is 5.82 Å². The van der Waals surface area contributed by atoms with Crippen molar-refractivity contribution in [2.75, 3.05) is 6.61 Å². The van der Waals surface area contributed by atoms with Crippen LogP contribution in [0.2, 0.25) is 0 Å². The van der Waals surface area contributed by atoms with Crippen LogP contribution in [0.3, 0.4) is 0 Å². The van der Waals surface area contributed by atoms with Gasteiger partial charge in [-0.05, 0) is 38.0 Å². The number of hydrogen-bond acceptors (Lipinski definition) is 3. The van der Waals surface area contributed by atoms with Crippen LogP contribution in [0.4, 0.5) is 4.39 Å². The molecule has 0 heterocycles. The molecule has 0 aliphatic heterocycles. The van der Waals surface area contributed by atoms with Gasteiger partial charge in [-0.15, -0.1) is 12.6 Å². The first-order chi connectivity index (χ1) is 8.60. The molecule has 0 spiro atoms. The molecule has 18 heavy (non-hydrogen) atoms. The Morgan fingerprint density at radius 3 is 2.89 bits per heavy atom. The highest BCUT2D eigenvalue weighted by molar-refractivity contribution is 7.80. The summed E-state index contributed by atoms with van der Waals surface area (Å²) in [5.74, 6) is -0.611. The van der Waals surface area contributed by atoms with Crippen LogP contribution in [-0.4, -0.2) is 24.7 Å².